The molecule has 0 radical (unpaired) electrons. The number of rotatable bonds is 5. The van der Waals surface area contributed by atoms with Crippen molar-refractivity contribution in [3.8, 4) is 11.6 Å². The fraction of sp³-hybridized carbons (Fsp3) is 0.423. The van der Waals surface area contributed by atoms with Crippen molar-refractivity contribution in [2.24, 2.45) is 5.41 Å². The Morgan fingerprint density at radius 3 is 2.49 bits per heavy atom. The first-order valence-corrected chi connectivity index (χ1v) is 12.0. The molecule has 2 aliphatic heterocycles. The van der Waals surface area contributed by atoms with Gasteiger partial charge in [-0.3, -0.25) is 9.59 Å². The van der Waals surface area contributed by atoms with E-state index in [2.05, 4.69) is 4.98 Å². The van der Waals surface area contributed by atoms with Gasteiger partial charge in [0.15, 0.2) is 23.7 Å². The molecule has 2 fully saturated rings. The number of hydrogen-bond acceptors (Lipinski definition) is 6. The number of carbonyl (C=O) groups is 2. The third-order valence-electron chi connectivity index (χ3n) is 7.15. The second-order valence-corrected chi connectivity index (χ2v) is 9.52. The summed E-state index contributed by atoms with van der Waals surface area (Å²) in [4.78, 5) is 33.5. The molecule has 2 aliphatic rings. The van der Waals surface area contributed by atoms with Gasteiger partial charge in [-0.05, 0) is 48.9 Å². The van der Waals surface area contributed by atoms with Crippen LogP contribution in [0.15, 0.2) is 47.0 Å². The molecular formula is C26H26F3N3O5. The van der Waals surface area contributed by atoms with Crippen LogP contribution >= 0.6 is 0 Å². The lowest BCUT2D eigenvalue weighted by atomic mass is 9.77. The predicted molar refractivity (Wildman–Crippen MR) is 127 cm³/mol. The minimum absolute atomic E-state index is 0.0109. The van der Waals surface area contributed by atoms with Gasteiger partial charge in [-0.25, -0.2) is 4.98 Å². The van der Waals surface area contributed by atoms with Crippen LogP contribution < -0.4 is 9.47 Å². The van der Waals surface area contributed by atoms with Crippen molar-refractivity contribution in [3.63, 3.8) is 0 Å². The van der Waals surface area contributed by atoms with E-state index in [0.717, 1.165) is 11.8 Å². The first-order chi connectivity index (χ1) is 17.7. The molecule has 2 saturated heterocycles. The highest BCUT2D eigenvalue weighted by atomic mass is 19.4. The van der Waals surface area contributed by atoms with Gasteiger partial charge in [-0.2, -0.15) is 13.2 Å². The first-order valence-electron chi connectivity index (χ1n) is 12.0. The highest BCUT2D eigenvalue weighted by molar-refractivity contribution is 5.98. The van der Waals surface area contributed by atoms with Gasteiger partial charge >= 0.3 is 6.18 Å². The maximum Gasteiger partial charge on any atom is 0.422 e. The highest BCUT2D eigenvalue weighted by Gasteiger charge is 2.43. The first kappa shape index (κ1) is 24.9. The topological polar surface area (TPSA) is 85.1 Å². The molecule has 1 spiro atoms. The molecular weight excluding hydrogens is 491 g/mol. The number of alkyl halides is 3. The Morgan fingerprint density at radius 2 is 1.78 bits per heavy atom. The molecule has 11 heteroatoms. The minimum atomic E-state index is -4.53. The number of carbonyl (C=O) groups excluding carboxylic acids is 2. The second kappa shape index (κ2) is 9.60. The van der Waals surface area contributed by atoms with Crippen molar-refractivity contribution in [1.82, 2.24) is 14.8 Å². The van der Waals surface area contributed by atoms with Crippen LogP contribution in [-0.4, -0.2) is 72.7 Å². The molecule has 0 atom stereocenters. The Labute approximate surface area is 210 Å². The van der Waals surface area contributed by atoms with Gasteiger partial charge in [-0.1, -0.05) is 12.1 Å². The number of likely N-dealkylation sites (tertiary alicyclic amines) is 2. The van der Waals surface area contributed by atoms with Crippen LogP contribution in [0, 0.1) is 5.41 Å². The van der Waals surface area contributed by atoms with Crippen molar-refractivity contribution in [1.29, 1.82) is 0 Å². The smallest absolute Gasteiger partial charge is 0.422 e. The number of ether oxygens (including phenoxy) is 2. The van der Waals surface area contributed by atoms with E-state index in [1.807, 2.05) is 12.1 Å². The second-order valence-electron chi connectivity index (χ2n) is 9.52. The zero-order valence-corrected chi connectivity index (χ0v) is 20.2. The van der Waals surface area contributed by atoms with E-state index in [-0.39, 0.29) is 28.5 Å². The Balaban J connectivity index is 1.22. The predicted octanol–water partition coefficient (Wildman–Crippen LogP) is 4.55. The average molecular weight is 518 g/mol. The lowest BCUT2D eigenvalue weighted by molar-refractivity contribution is -0.154. The molecule has 5 rings (SSSR count). The summed E-state index contributed by atoms with van der Waals surface area (Å²) in [6.07, 6.45) is -1.08. The van der Waals surface area contributed by atoms with Gasteiger partial charge in [0.1, 0.15) is 5.56 Å². The number of para-hydroxylation sites is 1. The fourth-order valence-electron chi connectivity index (χ4n) is 5.15. The van der Waals surface area contributed by atoms with Crippen molar-refractivity contribution in [2.75, 3.05) is 39.9 Å². The molecule has 0 saturated carbocycles. The Hall–Kier alpha value is -3.76. The van der Waals surface area contributed by atoms with E-state index in [9.17, 15) is 22.8 Å². The molecule has 0 unspecified atom stereocenters. The van der Waals surface area contributed by atoms with Crippen molar-refractivity contribution in [2.45, 2.75) is 25.4 Å². The molecule has 3 aromatic rings. The van der Waals surface area contributed by atoms with Crippen molar-refractivity contribution in [3.05, 3.63) is 53.9 Å². The Morgan fingerprint density at radius 1 is 1.05 bits per heavy atom. The number of furan rings is 1. The molecule has 8 nitrogen and oxygen atoms in total. The lowest BCUT2D eigenvalue weighted by Crippen LogP contribution is -2.44. The van der Waals surface area contributed by atoms with E-state index in [1.165, 1.54) is 18.3 Å². The molecule has 1 aromatic carbocycles. The number of pyridine rings is 1. The normalized spacial score (nSPS) is 17.4. The van der Waals surface area contributed by atoms with Crippen LogP contribution in [0.1, 0.15) is 40.2 Å². The Kier molecular flexibility index (Phi) is 6.47. The van der Waals surface area contributed by atoms with Gasteiger partial charge in [0, 0.05) is 37.8 Å². The van der Waals surface area contributed by atoms with Crippen LogP contribution in [0.3, 0.4) is 0 Å². The van der Waals surface area contributed by atoms with E-state index < -0.39 is 18.7 Å². The molecule has 2 aromatic heterocycles. The lowest BCUT2D eigenvalue weighted by Gasteiger charge is -2.39. The van der Waals surface area contributed by atoms with E-state index in [1.54, 1.807) is 29.0 Å². The number of hydrogen-bond donors (Lipinski definition) is 0. The van der Waals surface area contributed by atoms with Gasteiger partial charge in [0.05, 0.1) is 7.11 Å². The molecule has 196 valence electrons. The van der Waals surface area contributed by atoms with Gasteiger partial charge in [0.2, 0.25) is 5.88 Å². The zero-order valence-electron chi connectivity index (χ0n) is 20.2. The fourth-order valence-corrected chi connectivity index (χ4v) is 5.15. The van der Waals surface area contributed by atoms with Crippen LogP contribution in [0.4, 0.5) is 13.2 Å². The number of benzene rings is 1. The van der Waals surface area contributed by atoms with E-state index in [4.69, 9.17) is 13.9 Å². The summed E-state index contributed by atoms with van der Waals surface area (Å²) in [5.41, 5.74) is 0.385. The van der Waals surface area contributed by atoms with Gasteiger partial charge in [0.25, 0.3) is 11.8 Å². The van der Waals surface area contributed by atoms with Gasteiger partial charge < -0.3 is 23.7 Å². The Bertz CT molecular complexity index is 1310. The average Bonchev–Trinajstić information content (AvgIpc) is 3.51. The van der Waals surface area contributed by atoms with Gasteiger partial charge in [-0.15, -0.1) is 0 Å². The maximum atomic E-state index is 13.2. The summed E-state index contributed by atoms with van der Waals surface area (Å²) < 4.78 is 53.8. The number of fused-ring (bicyclic) bond motifs is 1. The minimum Gasteiger partial charge on any atom is -0.493 e. The van der Waals surface area contributed by atoms with Crippen molar-refractivity contribution < 1.29 is 36.7 Å². The molecule has 0 N–H and O–H groups in total. The number of methoxy groups -OCH3 is 1. The molecule has 37 heavy (non-hydrogen) atoms. The number of halogens is 3. The number of aromatic nitrogens is 1. The molecule has 0 bridgehead atoms. The summed E-state index contributed by atoms with van der Waals surface area (Å²) >= 11 is 0. The SMILES string of the molecule is COc1cccc2cc(C(=O)N3CCC4(CC3)CCN(C(=O)c3cccnc3OCC(F)(F)F)C4)oc12. The maximum absolute atomic E-state index is 13.2. The van der Waals surface area contributed by atoms with Crippen LogP contribution in [0.2, 0.25) is 0 Å². The standard InChI is InChI=1S/C26H26F3N3O5/c1-35-19-6-2-4-17-14-20(37-21(17)19)24(34)31-11-7-25(8-12-31)9-13-32(15-25)23(33)18-5-3-10-30-22(18)36-16-26(27,28)29/h2-6,10,14H,7-9,11-13,15-16H2,1H3. The number of nitrogens with zero attached hydrogens (tertiary/aromatic N) is 3. The monoisotopic (exact) mass is 517 g/mol. The molecule has 2 amide bonds. The van der Waals surface area contributed by atoms with E-state index in [0.29, 0.717) is 50.4 Å². The molecule has 0 aliphatic carbocycles. The summed E-state index contributed by atoms with van der Waals surface area (Å²) in [7, 11) is 1.54. The highest BCUT2D eigenvalue weighted by Crippen LogP contribution is 2.41. The van der Waals surface area contributed by atoms with E-state index >= 15 is 0 Å². The van der Waals surface area contributed by atoms with Crippen LogP contribution in [-0.2, 0) is 0 Å². The summed E-state index contributed by atoms with van der Waals surface area (Å²) in [6, 6.07) is 10.1. The third kappa shape index (κ3) is 5.07. The van der Waals surface area contributed by atoms with Crippen LogP contribution in [0.5, 0.6) is 11.6 Å². The van der Waals surface area contributed by atoms with Crippen LogP contribution in [0.25, 0.3) is 11.0 Å². The zero-order chi connectivity index (χ0) is 26.2. The third-order valence-corrected chi connectivity index (χ3v) is 7.15. The summed E-state index contributed by atoms with van der Waals surface area (Å²) in [5, 5.41) is 0.787. The quantitative estimate of drug-likeness (QED) is 0.494. The van der Waals surface area contributed by atoms with Crippen molar-refractivity contribution >= 4 is 22.8 Å². The number of amides is 2. The molecule has 4 heterocycles. The number of piperidine rings is 1. The largest absolute Gasteiger partial charge is 0.493 e. The summed E-state index contributed by atoms with van der Waals surface area (Å²) in [6.45, 7) is 0.451. The summed E-state index contributed by atoms with van der Waals surface area (Å²) in [5.74, 6) is -0.113.